The van der Waals surface area contributed by atoms with Gasteiger partial charge in [-0.25, -0.2) is 0 Å². The summed E-state index contributed by atoms with van der Waals surface area (Å²) in [6.07, 6.45) is 0. The van der Waals surface area contributed by atoms with Gasteiger partial charge in [-0.05, 0) is 43.4 Å². The Bertz CT molecular complexity index is 670. The number of amides is 1. The number of nitrogens with one attached hydrogen (secondary N) is 2. The summed E-state index contributed by atoms with van der Waals surface area (Å²) in [5.74, 6) is 0.844. The molecule has 1 heterocycles. The number of fused-ring (bicyclic) bond motifs is 1. The average Bonchev–Trinajstić information content (AvgIpc) is 2.82. The monoisotopic (exact) mass is 300 g/mol. The molecule has 2 N–H and O–H groups in total. The molecule has 0 fully saturated rings. The van der Waals surface area contributed by atoms with Gasteiger partial charge in [0.2, 0.25) is 5.91 Å². The van der Waals surface area contributed by atoms with Crippen molar-refractivity contribution in [1.29, 1.82) is 0 Å². The zero-order valence-electron chi connectivity index (χ0n) is 11.8. The van der Waals surface area contributed by atoms with Gasteiger partial charge in [-0.2, -0.15) is 0 Å². The van der Waals surface area contributed by atoms with E-state index >= 15 is 0 Å². The van der Waals surface area contributed by atoms with Crippen molar-refractivity contribution in [2.75, 3.05) is 19.5 Å². The summed E-state index contributed by atoms with van der Waals surface area (Å²) in [7, 11) is 3.45. The number of methoxy groups -OCH3 is 1. The van der Waals surface area contributed by atoms with Crippen LogP contribution >= 0.6 is 11.8 Å². The molecule has 0 aromatic heterocycles. The van der Waals surface area contributed by atoms with E-state index in [2.05, 4.69) is 10.6 Å². The number of carbonyl (C=O) groups is 1. The summed E-state index contributed by atoms with van der Waals surface area (Å²) >= 11 is 1.66. The number of likely N-dealkylation sites (N-methyl/N-ethyl adjacent to an activating group) is 1. The maximum Gasteiger partial charge on any atom is 0.246 e. The van der Waals surface area contributed by atoms with Crippen LogP contribution in [-0.4, -0.2) is 20.1 Å². The van der Waals surface area contributed by atoms with Gasteiger partial charge in [-0.3, -0.25) is 4.79 Å². The Balaban J connectivity index is 1.81. The molecule has 0 spiro atoms. The molecule has 1 aliphatic heterocycles. The minimum absolute atomic E-state index is 0.000836. The molecule has 0 saturated carbocycles. The lowest BCUT2D eigenvalue weighted by atomic mass is 10.1. The highest BCUT2D eigenvalue weighted by molar-refractivity contribution is 7.99. The van der Waals surface area contributed by atoms with Gasteiger partial charge in [-0.1, -0.05) is 17.8 Å². The molecule has 1 atom stereocenters. The molecule has 0 aliphatic carbocycles. The smallest absolute Gasteiger partial charge is 0.246 e. The average molecular weight is 300 g/mol. The topological polar surface area (TPSA) is 50.4 Å². The van der Waals surface area contributed by atoms with Crippen LogP contribution in [0.3, 0.4) is 0 Å². The maximum absolute atomic E-state index is 11.8. The number of hydrogen-bond acceptors (Lipinski definition) is 4. The fraction of sp³-hybridized carbons (Fsp3) is 0.188. The van der Waals surface area contributed by atoms with Crippen LogP contribution < -0.4 is 15.4 Å². The molecule has 108 valence electrons. The molecule has 0 radical (unpaired) electrons. The first kappa shape index (κ1) is 14.0. The molecular weight excluding hydrogens is 284 g/mol. The maximum atomic E-state index is 11.8. The molecule has 2 aromatic carbocycles. The highest BCUT2D eigenvalue weighted by Crippen LogP contribution is 2.36. The second-order valence-electron chi connectivity index (χ2n) is 4.74. The first-order valence-electron chi connectivity index (χ1n) is 6.65. The molecule has 5 heteroatoms. The Labute approximate surface area is 127 Å². The lowest BCUT2D eigenvalue weighted by Crippen LogP contribution is -2.23. The summed E-state index contributed by atoms with van der Waals surface area (Å²) in [5.41, 5.74) is 1.89. The highest BCUT2D eigenvalue weighted by atomic mass is 32.2. The van der Waals surface area contributed by atoms with Crippen molar-refractivity contribution in [3.8, 4) is 5.75 Å². The Morgan fingerprint density at radius 3 is 2.52 bits per heavy atom. The molecule has 1 amide bonds. The van der Waals surface area contributed by atoms with Gasteiger partial charge in [-0.15, -0.1) is 0 Å². The number of ether oxygens (including phenoxy) is 1. The quantitative estimate of drug-likeness (QED) is 0.911. The van der Waals surface area contributed by atoms with Gasteiger partial charge in [0.05, 0.1) is 7.11 Å². The van der Waals surface area contributed by atoms with Crippen LogP contribution in [0.4, 0.5) is 5.69 Å². The van der Waals surface area contributed by atoms with E-state index in [0.29, 0.717) is 0 Å². The Morgan fingerprint density at radius 1 is 1.14 bits per heavy atom. The summed E-state index contributed by atoms with van der Waals surface area (Å²) in [6.45, 7) is 0. The molecule has 0 saturated heterocycles. The number of benzene rings is 2. The zero-order valence-corrected chi connectivity index (χ0v) is 12.7. The summed E-state index contributed by atoms with van der Waals surface area (Å²) in [4.78, 5) is 14.0. The largest absolute Gasteiger partial charge is 0.497 e. The molecule has 0 bridgehead atoms. The Hall–Kier alpha value is -1.98. The van der Waals surface area contributed by atoms with Crippen LogP contribution in [0, 0.1) is 0 Å². The second kappa shape index (κ2) is 5.79. The van der Waals surface area contributed by atoms with E-state index in [9.17, 15) is 4.79 Å². The normalized spacial score (nSPS) is 16.5. The van der Waals surface area contributed by atoms with Crippen LogP contribution in [0.15, 0.2) is 52.3 Å². The van der Waals surface area contributed by atoms with E-state index in [0.717, 1.165) is 26.8 Å². The van der Waals surface area contributed by atoms with E-state index in [-0.39, 0.29) is 11.9 Å². The summed E-state index contributed by atoms with van der Waals surface area (Å²) < 4.78 is 5.15. The molecule has 2 aromatic rings. The molecule has 3 rings (SSSR count). The van der Waals surface area contributed by atoms with Crippen molar-refractivity contribution in [2.45, 2.75) is 15.8 Å². The van der Waals surface area contributed by atoms with Crippen molar-refractivity contribution in [3.05, 3.63) is 48.0 Å². The van der Waals surface area contributed by atoms with Gasteiger partial charge in [0, 0.05) is 21.0 Å². The highest BCUT2D eigenvalue weighted by Gasteiger charge is 2.28. The van der Waals surface area contributed by atoms with E-state index in [1.165, 1.54) is 0 Å². The Morgan fingerprint density at radius 2 is 1.86 bits per heavy atom. The van der Waals surface area contributed by atoms with E-state index in [1.54, 1.807) is 25.9 Å². The van der Waals surface area contributed by atoms with Crippen molar-refractivity contribution in [2.24, 2.45) is 0 Å². The lowest BCUT2D eigenvalue weighted by Gasteiger charge is -2.08. The van der Waals surface area contributed by atoms with Crippen LogP contribution in [0.2, 0.25) is 0 Å². The third-order valence-electron chi connectivity index (χ3n) is 3.44. The number of hydrogen-bond donors (Lipinski definition) is 2. The second-order valence-corrected chi connectivity index (χ2v) is 5.88. The summed E-state index contributed by atoms with van der Waals surface area (Å²) in [6, 6.07) is 13.7. The van der Waals surface area contributed by atoms with Crippen LogP contribution in [0.1, 0.15) is 11.6 Å². The van der Waals surface area contributed by atoms with Gasteiger partial charge in [0.15, 0.2) is 0 Å². The van der Waals surface area contributed by atoms with Gasteiger partial charge >= 0.3 is 0 Å². The van der Waals surface area contributed by atoms with Crippen molar-refractivity contribution < 1.29 is 9.53 Å². The molecule has 21 heavy (non-hydrogen) atoms. The third-order valence-corrected chi connectivity index (χ3v) is 4.44. The zero-order chi connectivity index (χ0) is 14.8. The molecule has 1 unspecified atom stereocenters. The fourth-order valence-corrected chi connectivity index (χ4v) is 3.23. The Kier molecular flexibility index (Phi) is 3.86. The van der Waals surface area contributed by atoms with Gasteiger partial charge < -0.3 is 15.4 Å². The van der Waals surface area contributed by atoms with E-state index in [4.69, 9.17) is 4.74 Å². The van der Waals surface area contributed by atoms with Crippen LogP contribution in [-0.2, 0) is 4.79 Å². The van der Waals surface area contributed by atoms with Crippen molar-refractivity contribution >= 4 is 23.4 Å². The minimum Gasteiger partial charge on any atom is -0.497 e. The molecular formula is C16H16N2O2S. The standard InChI is InChI=1S/C16H16N2O2S/c1-17-15-13-8-7-12(9-14(13)18-16(15)19)21-11-5-3-10(20-2)4-6-11/h3-9,15,17H,1-2H3,(H,18,19). The van der Waals surface area contributed by atoms with Gasteiger partial charge in [0.1, 0.15) is 11.8 Å². The first-order chi connectivity index (χ1) is 10.2. The van der Waals surface area contributed by atoms with Crippen LogP contribution in [0.25, 0.3) is 0 Å². The summed E-state index contributed by atoms with van der Waals surface area (Å²) in [5, 5.41) is 5.93. The predicted molar refractivity (Wildman–Crippen MR) is 84.0 cm³/mol. The first-order valence-corrected chi connectivity index (χ1v) is 7.47. The number of anilines is 1. The molecule has 1 aliphatic rings. The van der Waals surface area contributed by atoms with Crippen LogP contribution in [0.5, 0.6) is 5.75 Å². The third kappa shape index (κ3) is 2.75. The predicted octanol–water partition coefficient (Wildman–Crippen LogP) is 3.06. The molecule has 4 nitrogen and oxygen atoms in total. The number of rotatable bonds is 4. The minimum atomic E-state index is -0.250. The SMILES string of the molecule is CNC1C(=O)Nc2cc(Sc3ccc(OC)cc3)ccc21. The van der Waals surface area contributed by atoms with Gasteiger partial charge in [0.25, 0.3) is 0 Å². The number of carbonyl (C=O) groups excluding carboxylic acids is 1. The van der Waals surface area contributed by atoms with Crippen molar-refractivity contribution in [1.82, 2.24) is 5.32 Å². The fourth-order valence-electron chi connectivity index (χ4n) is 2.37. The van der Waals surface area contributed by atoms with E-state index in [1.807, 2.05) is 42.5 Å². The van der Waals surface area contributed by atoms with E-state index < -0.39 is 0 Å². The lowest BCUT2D eigenvalue weighted by molar-refractivity contribution is -0.117. The van der Waals surface area contributed by atoms with Crippen molar-refractivity contribution in [3.63, 3.8) is 0 Å².